The summed E-state index contributed by atoms with van der Waals surface area (Å²) < 4.78 is 4.80. The van der Waals surface area contributed by atoms with Crippen molar-refractivity contribution in [3.63, 3.8) is 0 Å². The van der Waals surface area contributed by atoms with Crippen molar-refractivity contribution in [3.8, 4) is 0 Å². The number of amides is 1. The lowest BCUT2D eigenvalue weighted by atomic mass is 9.95. The number of pyridine rings is 1. The van der Waals surface area contributed by atoms with Crippen LogP contribution in [0.5, 0.6) is 0 Å². The van der Waals surface area contributed by atoms with Crippen molar-refractivity contribution in [1.29, 1.82) is 0 Å². The number of aliphatic hydroxyl groups is 1. The normalized spacial score (nSPS) is 17.8. The van der Waals surface area contributed by atoms with E-state index in [0.29, 0.717) is 35.5 Å². The maximum absolute atomic E-state index is 13.2. The first-order valence-electron chi connectivity index (χ1n) is 10.9. The maximum atomic E-state index is 13.2. The summed E-state index contributed by atoms with van der Waals surface area (Å²) in [5, 5.41) is 11.3. The Morgan fingerprint density at radius 2 is 1.97 bits per heavy atom. The topological polar surface area (TPSA) is 116 Å². The van der Waals surface area contributed by atoms with Crippen molar-refractivity contribution in [2.45, 2.75) is 33.7 Å². The fourth-order valence-corrected chi connectivity index (χ4v) is 4.33. The number of H-pyrrole nitrogens is 1. The zero-order valence-electron chi connectivity index (χ0n) is 19.6. The van der Waals surface area contributed by atoms with Crippen LogP contribution in [0, 0.1) is 13.8 Å². The van der Waals surface area contributed by atoms with Gasteiger partial charge in [0.15, 0.2) is 0 Å². The van der Waals surface area contributed by atoms with Gasteiger partial charge in [0.05, 0.1) is 18.7 Å². The summed E-state index contributed by atoms with van der Waals surface area (Å²) >= 11 is 0. The van der Waals surface area contributed by atoms with Gasteiger partial charge >= 0.3 is 5.97 Å². The lowest BCUT2D eigenvalue weighted by Crippen LogP contribution is -2.38. The van der Waals surface area contributed by atoms with Gasteiger partial charge < -0.3 is 24.6 Å². The van der Waals surface area contributed by atoms with Gasteiger partial charge in [-0.15, -0.1) is 0 Å². The van der Waals surface area contributed by atoms with Crippen LogP contribution < -0.4 is 0 Å². The molecule has 1 fully saturated rings. The Hall–Kier alpha value is -3.46. The van der Waals surface area contributed by atoms with E-state index in [0.717, 1.165) is 13.1 Å². The van der Waals surface area contributed by atoms with E-state index in [-0.39, 0.29) is 17.0 Å². The number of hydrogen-bond acceptors (Lipinski definition) is 7. The number of rotatable bonds is 8. The van der Waals surface area contributed by atoms with E-state index in [1.807, 2.05) is 13.8 Å². The van der Waals surface area contributed by atoms with Gasteiger partial charge in [-0.3, -0.25) is 14.6 Å². The molecule has 0 saturated carbocycles. The van der Waals surface area contributed by atoms with Crippen LogP contribution in [0.3, 0.4) is 0 Å². The molecule has 33 heavy (non-hydrogen) atoms. The second-order valence-electron chi connectivity index (χ2n) is 7.92. The van der Waals surface area contributed by atoms with Crippen LogP contribution in [0.1, 0.15) is 52.8 Å². The zero-order chi connectivity index (χ0) is 24.3. The number of hydrogen-bond donors (Lipinski definition) is 2. The highest BCUT2D eigenvalue weighted by molar-refractivity contribution is 6.46. The molecular formula is C24H30N4O5. The molecule has 176 valence electrons. The molecule has 1 aliphatic heterocycles. The molecule has 1 amide bonds. The Labute approximate surface area is 193 Å². The molecule has 2 aromatic heterocycles. The number of aryl methyl sites for hydroxylation is 1. The Morgan fingerprint density at radius 3 is 2.55 bits per heavy atom. The Kier molecular flexibility index (Phi) is 7.33. The highest BCUT2D eigenvalue weighted by atomic mass is 16.5. The molecule has 3 heterocycles. The molecular weight excluding hydrogens is 424 g/mol. The van der Waals surface area contributed by atoms with Crippen molar-refractivity contribution < 1.29 is 24.2 Å². The second-order valence-corrected chi connectivity index (χ2v) is 7.92. The van der Waals surface area contributed by atoms with Gasteiger partial charge in [0.2, 0.25) is 0 Å². The maximum Gasteiger partial charge on any atom is 0.354 e. The van der Waals surface area contributed by atoms with Crippen LogP contribution in [-0.4, -0.2) is 75.8 Å². The van der Waals surface area contributed by atoms with Crippen LogP contribution in [0.25, 0.3) is 5.76 Å². The smallest absolute Gasteiger partial charge is 0.354 e. The van der Waals surface area contributed by atoms with E-state index in [2.05, 4.69) is 14.9 Å². The minimum atomic E-state index is -0.787. The fourth-order valence-electron chi connectivity index (χ4n) is 4.33. The van der Waals surface area contributed by atoms with Gasteiger partial charge in [0, 0.05) is 36.7 Å². The highest BCUT2D eigenvalue weighted by Crippen LogP contribution is 2.40. The van der Waals surface area contributed by atoms with Crippen LogP contribution in [-0.2, 0) is 14.3 Å². The summed E-state index contributed by atoms with van der Waals surface area (Å²) in [6, 6.07) is 2.71. The first-order chi connectivity index (χ1) is 15.8. The summed E-state index contributed by atoms with van der Waals surface area (Å²) in [6.45, 7) is 9.95. The second kappa shape index (κ2) is 9.99. The number of esters is 1. The molecule has 1 saturated heterocycles. The lowest BCUT2D eigenvalue weighted by molar-refractivity contribution is -0.140. The largest absolute Gasteiger partial charge is 0.507 e. The molecule has 0 bridgehead atoms. The minimum Gasteiger partial charge on any atom is -0.507 e. The lowest BCUT2D eigenvalue weighted by Gasteiger charge is -2.28. The minimum absolute atomic E-state index is 0.0193. The number of aromatic nitrogens is 2. The Morgan fingerprint density at radius 1 is 1.27 bits per heavy atom. The number of likely N-dealkylation sites (tertiary alicyclic amines) is 1. The Bertz CT molecular complexity index is 1090. The number of carbonyl (C=O) groups excluding carboxylic acids is 3. The molecule has 2 aromatic rings. The van der Waals surface area contributed by atoms with Crippen molar-refractivity contribution in [2.24, 2.45) is 0 Å². The third-order valence-corrected chi connectivity index (χ3v) is 6.16. The molecule has 0 aromatic carbocycles. The van der Waals surface area contributed by atoms with Gasteiger partial charge in [-0.1, -0.05) is 19.9 Å². The average Bonchev–Trinajstić information content (AvgIpc) is 3.26. The van der Waals surface area contributed by atoms with Gasteiger partial charge in [0.25, 0.3) is 11.7 Å². The first kappa shape index (κ1) is 24.2. The van der Waals surface area contributed by atoms with Crippen molar-refractivity contribution in [3.05, 3.63) is 58.2 Å². The quantitative estimate of drug-likeness (QED) is 0.273. The number of carbonyl (C=O) groups is 3. The SMILES string of the molecule is CCN(CC)CCN1C(=O)C(=O)/C(=C(\O)c2c(C)[nH]c(C(=O)OC)c2C)[C@@H]1c1cccnc1. The Balaban J connectivity index is 2.16. The van der Waals surface area contributed by atoms with Crippen LogP contribution in [0.4, 0.5) is 0 Å². The summed E-state index contributed by atoms with van der Waals surface area (Å²) in [6.07, 6.45) is 3.19. The van der Waals surface area contributed by atoms with E-state index in [1.54, 1.807) is 38.4 Å². The third-order valence-electron chi connectivity index (χ3n) is 6.16. The number of aromatic amines is 1. The summed E-state index contributed by atoms with van der Waals surface area (Å²) in [4.78, 5) is 49.1. The van der Waals surface area contributed by atoms with Crippen LogP contribution in [0.15, 0.2) is 30.1 Å². The summed E-state index contributed by atoms with van der Waals surface area (Å²) in [5.41, 5.74) is 2.03. The number of aliphatic hydroxyl groups excluding tert-OH is 1. The molecule has 9 heteroatoms. The molecule has 1 aliphatic rings. The molecule has 9 nitrogen and oxygen atoms in total. The number of ketones is 1. The number of ether oxygens (including phenoxy) is 1. The predicted octanol–water partition coefficient (Wildman–Crippen LogP) is 2.58. The molecule has 0 spiro atoms. The monoisotopic (exact) mass is 454 g/mol. The van der Waals surface area contributed by atoms with Crippen molar-refractivity contribution in [1.82, 2.24) is 19.8 Å². The summed E-state index contributed by atoms with van der Waals surface area (Å²) in [7, 11) is 1.27. The molecule has 0 unspecified atom stereocenters. The van der Waals surface area contributed by atoms with E-state index < -0.39 is 23.7 Å². The van der Waals surface area contributed by atoms with Crippen molar-refractivity contribution >= 4 is 23.4 Å². The number of Topliss-reactive ketones (excluding diaryl/α,β-unsaturated/α-hetero) is 1. The molecule has 0 aliphatic carbocycles. The van der Waals surface area contributed by atoms with Crippen LogP contribution >= 0.6 is 0 Å². The van der Waals surface area contributed by atoms with E-state index in [9.17, 15) is 19.5 Å². The van der Waals surface area contributed by atoms with Crippen LogP contribution in [0.2, 0.25) is 0 Å². The standard InChI is InChI=1S/C24H30N4O5/c1-6-27(7-2)11-12-28-20(16-9-8-10-25-13-16)18(22(30)23(28)31)21(29)17-14(3)19(24(32)33-5)26-15(17)4/h8-10,13,20,26,29H,6-7,11-12H2,1-5H3/b21-18-/t20-/m0/s1. The average molecular weight is 455 g/mol. The number of nitrogens with one attached hydrogen (secondary N) is 1. The number of likely N-dealkylation sites (N-methyl/N-ethyl adjacent to an activating group) is 1. The van der Waals surface area contributed by atoms with Gasteiger partial charge in [-0.05, 0) is 44.1 Å². The van der Waals surface area contributed by atoms with Gasteiger partial charge in [-0.2, -0.15) is 0 Å². The van der Waals surface area contributed by atoms with E-state index in [1.165, 1.54) is 12.0 Å². The highest BCUT2D eigenvalue weighted by Gasteiger charge is 2.46. The molecule has 3 rings (SSSR count). The summed E-state index contributed by atoms with van der Waals surface area (Å²) in [5.74, 6) is -2.34. The molecule has 2 N–H and O–H groups in total. The molecule has 1 atom stereocenters. The van der Waals surface area contributed by atoms with Gasteiger partial charge in [0.1, 0.15) is 11.5 Å². The van der Waals surface area contributed by atoms with Gasteiger partial charge in [-0.25, -0.2) is 4.79 Å². The molecule has 0 radical (unpaired) electrons. The predicted molar refractivity (Wildman–Crippen MR) is 123 cm³/mol. The van der Waals surface area contributed by atoms with Crippen molar-refractivity contribution in [2.75, 3.05) is 33.3 Å². The zero-order valence-corrected chi connectivity index (χ0v) is 19.6. The third kappa shape index (κ3) is 4.41. The number of methoxy groups -OCH3 is 1. The number of nitrogens with zero attached hydrogens (tertiary/aromatic N) is 3. The van der Waals surface area contributed by atoms with E-state index in [4.69, 9.17) is 4.74 Å². The van der Waals surface area contributed by atoms with E-state index >= 15 is 0 Å². The first-order valence-corrected chi connectivity index (χ1v) is 10.9. The fraction of sp³-hybridized carbons (Fsp3) is 0.417.